The largest absolute Gasteiger partial charge is 0.493 e. The summed E-state index contributed by atoms with van der Waals surface area (Å²) in [4.78, 5) is 14.4. The van der Waals surface area contributed by atoms with Crippen LogP contribution in [0, 0.1) is 5.92 Å². The number of fused-ring (bicyclic) bond motifs is 1. The van der Waals surface area contributed by atoms with Gasteiger partial charge in [-0.05, 0) is 75.7 Å². The Balaban J connectivity index is 1.60. The molecule has 27 heavy (non-hydrogen) atoms. The average Bonchev–Trinajstić information content (AvgIpc) is 3.04. The summed E-state index contributed by atoms with van der Waals surface area (Å²) in [6, 6.07) is 7.35. The molecule has 2 aliphatic heterocycles. The number of nitrogens with one attached hydrogen (secondary N) is 1. The molecular weight excluding hydrogens is 340 g/mol. The molecular formula is C22H32N2O3. The number of hydrogen-bond acceptors (Lipinski definition) is 4. The predicted octanol–water partition coefficient (Wildman–Crippen LogP) is 3.11. The third-order valence-corrected chi connectivity index (χ3v) is 7.36. The van der Waals surface area contributed by atoms with Crippen LogP contribution in [-0.2, 0) is 10.2 Å². The summed E-state index contributed by atoms with van der Waals surface area (Å²) < 4.78 is 11.0. The maximum atomic E-state index is 11.9. The van der Waals surface area contributed by atoms with Crippen molar-refractivity contribution in [3.63, 3.8) is 0 Å². The number of ether oxygens (including phenoxy) is 2. The molecule has 148 valence electrons. The molecule has 0 spiro atoms. The van der Waals surface area contributed by atoms with Gasteiger partial charge >= 0.3 is 0 Å². The summed E-state index contributed by atoms with van der Waals surface area (Å²) in [5, 5.41) is 3.27. The van der Waals surface area contributed by atoms with Crippen molar-refractivity contribution in [2.45, 2.75) is 62.4 Å². The fraction of sp³-hybridized carbons (Fsp3) is 0.682. The zero-order valence-electron chi connectivity index (χ0n) is 16.8. The number of rotatable bonds is 4. The lowest BCUT2D eigenvalue weighted by atomic mass is 9.62. The number of carbonyl (C=O) groups is 1. The Morgan fingerprint density at radius 3 is 2.70 bits per heavy atom. The van der Waals surface area contributed by atoms with Crippen LogP contribution in [0.15, 0.2) is 18.2 Å². The molecule has 3 aliphatic rings. The molecule has 1 aliphatic carbocycles. The van der Waals surface area contributed by atoms with Gasteiger partial charge in [0.2, 0.25) is 5.91 Å². The smallest absolute Gasteiger partial charge is 0.220 e. The van der Waals surface area contributed by atoms with E-state index < -0.39 is 0 Å². The van der Waals surface area contributed by atoms with Gasteiger partial charge in [-0.2, -0.15) is 0 Å². The molecule has 5 heteroatoms. The van der Waals surface area contributed by atoms with Crippen LogP contribution in [0.2, 0.25) is 0 Å². The molecule has 5 nitrogen and oxygen atoms in total. The van der Waals surface area contributed by atoms with E-state index in [1.165, 1.54) is 24.8 Å². The number of likely N-dealkylation sites (N-methyl/N-ethyl adjacent to an activating group) is 1. The standard InChI is InChI=1S/C22H32N2O3/c1-24-12-11-22(16-7-8-18(26-2)19(14-16)27-3)10-9-15(13-20(22)24)17-5-4-6-21(25)23-17/h7-8,14-15,17,20H,4-6,9-13H2,1-3H3,(H,23,25)/t15-,17?,20-,22-/m0/s1. The van der Waals surface area contributed by atoms with Gasteiger partial charge in [0.25, 0.3) is 0 Å². The lowest BCUT2D eigenvalue weighted by Gasteiger charge is -2.47. The Kier molecular flexibility index (Phi) is 5.06. The Morgan fingerprint density at radius 1 is 1.15 bits per heavy atom. The number of benzene rings is 1. The monoisotopic (exact) mass is 372 g/mol. The van der Waals surface area contributed by atoms with Gasteiger partial charge in [-0.25, -0.2) is 0 Å². The molecule has 3 fully saturated rings. The van der Waals surface area contributed by atoms with Crippen LogP contribution in [0.3, 0.4) is 0 Å². The molecule has 2 heterocycles. The molecule has 4 rings (SSSR count). The van der Waals surface area contributed by atoms with E-state index >= 15 is 0 Å². The zero-order valence-corrected chi connectivity index (χ0v) is 16.8. The van der Waals surface area contributed by atoms with Gasteiger partial charge in [-0.3, -0.25) is 4.79 Å². The Bertz CT molecular complexity index is 707. The minimum atomic E-state index is 0.184. The molecule has 0 radical (unpaired) electrons. The van der Waals surface area contributed by atoms with Gasteiger partial charge in [0.05, 0.1) is 14.2 Å². The van der Waals surface area contributed by atoms with Crippen LogP contribution in [-0.4, -0.2) is 50.7 Å². The molecule has 1 N–H and O–H groups in total. The van der Waals surface area contributed by atoms with Crippen LogP contribution in [0.4, 0.5) is 0 Å². The highest BCUT2D eigenvalue weighted by Crippen LogP contribution is 2.52. The van der Waals surface area contributed by atoms with Crippen molar-refractivity contribution in [3.05, 3.63) is 23.8 Å². The van der Waals surface area contributed by atoms with Crippen molar-refractivity contribution < 1.29 is 14.3 Å². The zero-order chi connectivity index (χ0) is 19.0. The minimum Gasteiger partial charge on any atom is -0.493 e. The van der Waals surface area contributed by atoms with Gasteiger partial charge < -0.3 is 19.7 Å². The molecule has 1 aromatic carbocycles. The first kappa shape index (κ1) is 18.6. The highest BCUT2D eigenvalue weighted by atomic mass is 16.5. The van der Waals surface area contributed by atoms with E-state index in [2.05, 4.69) is 29.4 Å². The SMILES string of the molecule is COc1ccc([C@@]23CC[C@H](C4CCCC(=O)N4)C[C@@H]2N(C)CC3)cc1OC. The van der Waals surface area contributed by atoms with Crippen molar-refractivity contribution in [3.8, 4) is 11.5 Å². The highest BCUT2D eigenvalue weighted by Gasteiger charge is 2.51. The van der Waals surface area contributed by atoms with Gasteiger partial charge in [-0.15, -0.1) is 0 Å². The maximum absolute atomic E-state index is 11.9. The van der Waals surface area contributed by atoms with Crippen molar-refractivity contribution >= 4 is 5.91 Å². The van der Waals surface area contributed by atoms with E-state index in [0.717, 1.165) is 37.3 Å². The molecule has 0 aromatic heterocycles. The number of carbonyl (C=O) groups excluding carboxylic acids is 1. The molecule has 4 atom stereocenters. The second-order valence-corrected chi connectivity index (χ2v) is 8.57. The van der Waals surface area contributed by atoms with E-state index in [1.54, 1.807) is 14.2 Å². The summed E-state index contributed by atoms with van der Waals surface area (Å²) in [6.07, 6.45) is 7.58. The van der Waals surface area contributed by atoms with Crippen LogP contribution in [0.5, 0.6) is 11.5 Å². The first-order valence-corrected chi connectivity index (χ1v) is 10.3. The van der Waals surface area contributed by atoms with Crippen LogP contribution in [0.25, 0.3) is 0 Å². The topological polar surface area (TPSA) is 50.8 Å². The minimum absolute atomic E-state index is 0.184. The fourth-order valence-corrected chi connectivity index (χ4v) is 5.84. The summed E-state index contributed by atoms with van der Waals surface area (Å²) in [7, 11) is 5.65. The highest BCUT2D eigenvalue weighted by molar-refractivity contribution is 5.77. The second kappa shape index (κ2) is 7.34. The van der Waals surface area contributed by atoms with Crippen molar-refractivity contribution in [1.82, 2.24) is 10.2 Å². The van der Waals surface area contributed by atoms with E-state index in [-0.39, 0.29) is 11.3 Å². The van der Waals surface area contributed by atoms with Crippen molar-refractivity contribution in [2.75, 3.05) is 27.8 Å². The number of amides is 1. The van der Waals surface area contributed by atoms with Gasteiger partial charge in [0.15, 0.2) is 11.5 Å². The summed E-state index contributed by atoms with van der Waals surface area (Å²) in [5.74, 6) is 2.44. The van der Waals surface area contributed by atoms with Gasteiger partial charge in [-0.1, -0.05) is 6.07 Å². The number of likely N-dealkylation sites (tertiary alicyclic amines) is 1. The summed E-state index contributed by atoms with van der Waals surface area (Å²) >= 11 is 0. The van der Waals surface area contributed by atoms with E-state index in [1.807, 2.05) is 6.07 Å². The maximum Gasteiger partial charge on any atom is 0.220 e. The molecule has 2 saturated heterocycles. The number of hydrogen-bond donors (Lipinski definition) is 1. The Morgan fingerprint density at radius 2 is 1.96 bits per heavy atom. The predicted molar refractivity (Wildman–Crippen MR) is 105 cm³/mol. The molecule has 0 bridgehead atoms. The quantitative estimate of drug-likeness (QED) is 0.882. The first-order chi connectivity index (χ1) is 13.1. The Hall–Kier alpha value is -1.75. The van der Waals surface area contributed by atoms with Crippen molar-refractivity contribution in [2.24, 2.45) is 5.92 Å². The number of piperidine rings is 1. The molecule has 1 saturated carbocycles. The Labute approximate surface area is 162 Å². The van der Waals surface area contributed by atoms with Crippen molar-refractivity contribution in [1.29, 1.82) is 0 Å². The number of methoxy groups -OCH3 is 2. The number of nitrogens with zero attached hydrogens (tertiary/aromatic N) is 1. The van der Waals surface area contributed by atoms with E-state index in [4.69, 9.17) is 9.47 Å². The molecule has 1 unspecified atom stereocenters. The van der Waals surface area contributed by atoms with Gasteiger partial charge in [0, 0.05) is 23.9 Å². The van der Waals surface area contributed by atoms with E-state index in [9.17, 15) is 4.79 Å². The van der Waals surface area contributed by atoms with Gasteiger partial charge in [0.1, 0.15) is 0 Å². The third kappa shape index (κ3) is 3.20. The van der Waals surface area contributed by atoms with E-state index in [0.29, 0.717) is 24.4 Å². The third-order valence-electron chi connectivity index (χ3n) is 7.36. The van der Waals surface area contributed by atoms with Crippen LogP contribution in [0.1, 0.15) is 50.5 Å². The fourth-order valence-electron chi connectivity index (χ4n) is 5.84. The van der Waals surface area contributed by atoms with Crippen LogP contribution >= 0.6 is 0 Å². The lowest BCUT2D eigenvalue weighted by molar-refractivity contribution is -0.124. The second-order valence-electron chi connectivity index (χ2n) is 8.57. The van der Waals surface area contributed by atoms with Crippen LogP contribution < -0.4 is 14.8 Å². The molecule has 1 amide bonds. The lowest BCUT2D eigenvalue weighted by Crippen LogP contribution is -2.52. The first-order valence-electron chi connectivity index (χ1n) is 10.3. The normalized spacial score (nSPS) is 34.0. The summed E-state index contributed by atoms with van der Waals surface area (Å²) in [6.45, 7) is 1.13. The molecule has 1 aromatic rings. The average molecular weight is 373 g/mol. The summed E-state index contributed by atoms with van der Waals surface area (Å²) in [5.41, 5.74) is 1.56.